The number of hydrogen-bond donors (Lipinski definition) is 0. The second-order valence-electron chi connectivity index (χ2n) is 4.10. The molecule has 1 heterocycles. The van der Waals surface area contributed by atoms with Gasteiger partial charge < -0.3 is 4.90 Å². The van der Waals surface area contributed by atoms with Crippen molar-refractivity contribution in [2.45, 2.75) is 11.4 Å². The summed E-state index contributed by atoms with van der Waals surface area (Å²) < 4.78 is 0. The Balaban J connectivity index is 2.00. The minimum atomic E-state index is -0.254. The van der Waals surface area contributed by atoms with E-state index >= 15 is 0 Å². The molecule has 1 atom stereocenters. The van der Waals surface area contributed by atoms with Gasteiger partial charge in [-0.25, -0.2) is 0 Å². The van der Waals surface area contributed by atoms with Crippen LogP contribution in [0.5, 0.6) is 0 Å². The Morgan fingerprint density at radius 2 is 1.86 bits per heavy atom. The Bertz CT molecular complexity index is 254. The molecule has 0 radical (unpaired) electrons. The summed E-state index contributed by atoms with van der Waals surface area (Å²) in [4.78, 5) is 4.46. The third-order valence-electron chi connectivity index (χ3n) is 3.03. The van der Waals surface area contributed by atoms with Crippen molar-refractivity contribution in [2.24, 2.45) is 0 Å². The topological polar surface area (TPSA) is 6.48 Å². The zero-order valence-electron chi connectivity index (χ0n) is 8.62. The first-order chi connectivity index (χ1) is 6.71. The van der Waals surface area contributed by atoms with Gasteiger partial charge in [0.15, 0.2) is 0 Å². The van der Waals surface area contributed by atoms with Crippen LogP contribution in [0.4, 0.5) is 0 Å². The summed E-state index contributed by atoms with van der Waals surface area (Å²) in [5, 5.41) is 0. The number of alkyl halides is 1. The largest absolute Gasteiger partial charge is 0.304 e. The lowest BCUT2D eigenvalue weighted by atomic mass is 10.1. The van der Waals surface area contributed by atoms with Crippen LogP contribution in [0.15, 0.2) is 24.3 Å². The number of nitrogens with zero attached hydrogens (tertiary/aromatic N) is 2. The van der Waals surface area contributed by atoms with E-state index in [2.05, 4.69) is 41.2 Å². The standard InChI is InChI=1S/C11H17ClN2/c1-13-7-9-14(10-8-13)11(12)5-3-2-4-6-11/h2-5H,6-10H2,1H3. The van der Waals surface area contributed by atoms with Crippen molar-refractivity contribution in [3.05, 3.63) is 24.3 Å². The maximum absolute atomic E-state index is 6.57. The van der Waals surface area contributed by atoms with Crippen molar-refractivity contribution < 1.29 is 0 Å². The number of hydrogen-bond acceptors (Lipinski definition) is 2. The first kappa shape index (κ1) is 10.2. The highest BCUT2D eigenvalue weighted by Crippen LogP contribution is 2.30. The molecule has 1 saturated heterocycles. The number of likely N-dealkylation sites (N-methyl/N-ethyl adjacent to an activating group) is 1. The molecule has 0 bridgehead atoms. The Labute approximate surface area is 90.8 Å². The van der Waals surface area contributed by atoms with Gasteiger partial charge in [-0.2, -0.15) is 0 Å². The molecule has 1 unspecified atom stereocenters. The van der Waals surface area contributed by atoms with Crippen molar-refractivity contribution in [2.75, 3.05) is 33.2 Å². The zero-order chi connectivity index (χ0) is 10.0. The number of rotatable bonds is 1. The summed E-state index contributed by atoms with van der Waals surface area (Å²) >= 11 is 6.57. The van der Waals surface area contributed by atoms with Crippen LogP contribution in [0, 0.1) is 0 Å². The van der Waals surface area contributed by atoms with Crippen LogP contribution >= 0.6 is 11.6 Å². The molecule has 3 heteroatoms. The van der Waals surface area contributed by atoms with Crippen LogP contribution in [0.25, 0.3) is 0 Å². The summed E-state index contributed by atoms with van der Waals surface area (Å²) in [6, 6.07) is 0. The molecule has 1 aliphatic carbocycles. The second-order valence-corrected chi connectivity index (χ2v) is 4.75. The van der Waals surface area contributed by atoms with Gasteiger partial charge in [0.05, 0.1) is 0 Å². The van der Waals surface area contributed by atoms with Crippen LogP contribution in [0.1, 0.15) is 6.42 Å². The summed E-state index contributed by atoms with van der Waals surface area (Å²) in [6.45, 7) is 4.37. The van der Waals surface area contributed by atoms with E-state index in [1.807, 2.05) is 0 Å². The first-order valence-electron chi connectivity index (χ1n) is 5.18. The lowest BCUT2D eigenvalue weighted by molar-refractivity contribution is 0.112. The molecule has 2 rings (SSSR count). The van der Waals surface area contributed by atoms with Crippen LogP contribution < -0.4 is 0 Å². The Kier molecular flexibility index (Phi) is 2.96. The molecule has 0 aromatic rings. The van der Waals surface area contributed by atoms with Gasteiger partial charge >= 0.3 is 0 Å². The molecule has 1 aliphatic heterocycles. The fourth-order valence-corrected chi connectivity index (χ4v) is 2.33. The third-order valence-corrected chi connectivity index (χ3v) is 3.55. The molecular weight excluding hydrogens is 196 g/mol. The lowest BCUT2D eigenvalue weighted by Crippen LogP contribution is -2.53. The molecule has 0 amide bonds. The zero-order valence-corrected chi connectivity index (χ0v) is 9.37. The Morgan fingerprint density at radius 3 is 2.43 bits per heavy atom. The number of halogens is 1. The van der Waals surface area contributed by atoms with Crippen LogP contribution in [-0.2, 0) is 0 Å². The van der Waals surface area contributed by atoms with E-state index < -0.39 is 0 Å². The predicted molar refractivity (Wildman–Crippen MR) is 60.6 cm³/mol. The molecule has 78 valence electrons. The molecule has 0 aromatic heterocycles. The monoisotopic (exact) mass is 212 g/mol. The number of piperazine rings is 1. The summed E-state index contributed by atoms with van der Waals surface area (Å²) in [5.74, 6) is 0. The van der Waals surface area contributed by atoms with E-state index in [1.54, 1.807) is 0 Å². The minimum Gasteiger partial charge on any atom is -0.304 e. The molecule has 0 spiro atoms. The van der Waals surface area contributed by atoms with Gasteiger partial charge in [0.1, 0.15) is 5.00 Å². The van der Waals surface area contributed by atoms with E-state index in [0.717, 1.165) is 32.6 Å². The highest BCUT2D eigenvalue weighted by Gasteiger charge is 2.33. The first-order valence-corrected chi connectivity index (χ1v) is 5.55. The molecule has 2 aliphatic rings. The molecule has 0 saturated carbocycles. The van der Waals surface area contributed by atoms with Crippen LogP contribution in [0.2, 0.25) is 0 Å². The maximum atomic E-state index is 6.57. The van der Waals surface area contributed by atoms with Gasteiger partial charge in [-0.3, -0.25) is 4.90 Å². The normalized spacial score (nSPS) is 35.0. The van der Waals surface area contributed by atoms with Gasteiger partial charge in [-0.15, -0.1) is 0 Å². The fraction of sp³-hybridized carbons (Fsp3) is 0.636. The van der Waals surface area contributed by atoms with Gasteiger partial charge in [-0.1, -0.05) is 29.8 Å². The Hall–Kier alpha value is -0.310. The van der Waals surface area contributed by atoms with Crippen molar-refractivity contribution in [1.82, 2.24) is 9.80 Å². The smallest absolute Gasteiger partial charge is 0.118 e. The van der Waals surface area contributed by atoms with Crippen molar-refractivity contribution in [1.29, 1.82) is 0 Å². The fourth-order valence-electron chi connectivity index (χ4n) is 2.00. The van der Waals surface area contributed by atoms with E-state index in [4.69, 9.17) is 11.6 Å². The van der Waals surface area contributed by atoms with E-state index in [-0.39, 0.29) is 5.00 Å². The summed E-state index contributed by atoms with van der Waals surface area (Å²) in [6.07, 6.45) is 9.30. The van der Waals surface area contributed by atoms with E-state index in [0.29, 0.717) is 0 Å². The maximum Gasteiger partial charge on any atom is 0.118 e. The Morgan fingerprint density at radius 1 is 1.14 bits per heavy atom. The SMILES string of the molecule is CN1CCN(C2(Cl)C=CC=CC2)CC1. The highest BCUT2D eigenvalue weighted by molar-refractivity contribution is 6.25. The third kappa shape index (κ3) is 2.02. The summed E-state index contributed by atoms with van der Waals surface area (Å²) in [5.41, 5.74) is 0. The predicted octanol–water partition coefficient (Wildman–Crippen LogP) is 1.68. The van der Waals surface area contributed by atoms with E-state index in [9.17, 15) is 0 Å². The molecule has 0 aromatic carbocycles. The van der Waals surface area contributed by atoms with Crippen LogP contribution in [0.3, 0.4) is 0 Å². The lowest BCUT2D eigenvalue weighted by Gasteiger charge is -2.42. The van der Waals surface area contributed by atoms with Gasteiger partial charge in [0.2, 0.25) is 0 Å². The molecule has 14 heavy (non-hydrogen) atoms. The quantitative estimate of drug-likeness (QED) is 0.482. The van der Waals surface area contributed by atoms with Gasteiger partial charge in [-0.05, 0) is 13.1 Å². The minimum absolute atomic E-state index is 0.254. The molecule has 2 nitrogen and oxygen atoms in total. The second kappa shape index (κ2) is 4.05. The van der Waals surface area contributed by atoms with Crippen molar-refractivity contribution in [3.8, 4) is 0 Å². The molecular formula is C11H17ClN2. The van der Waals surface area contributed by atoms with E-state index in [1.165, 1.54) is 0 Å². The van der Waals surface area contributed by atoms with Gasteiger partial charge in [0.25, 0.3) is 0 Å². The van der Waals surface area contributed by atoms with Crippen LogP contribution in [-0.4, -0.2) is 48.0 Å². The number of allylic oxidation sites excluding steroid dienone is 2. The summed E-state index contributed by atoms with van der Waals surface area (Å²) in [7, 11) is 2.16. The average Bonchev–Trinajstić information content (AvgIpc) is 2.19. The molecule has 0 N–H and O–H groups in total. The van der Waals surface area contributed by atoms with Gasteiger partial charge in [0, 0.05) is 32.6 Å². The average molecular weight is 213 g/mol. The van der Waals surface area contributed by atoms with Crippen molar-refractivity contribution >= 4 is 11.6 Å². The highest BCUT2D eigenvalue weighted by atomic mass is 35.5. The van der Waals surface area contributed by atoms with Crippen molar-refractivity contribution in [3.63, 3.8) is 0 Å². The molecule has 1 fully saturated rings.